The number of urea groups is 1. The van der Waals surface area contributed by atoms with Gasteiger partial charge in [0.25, 0.3) is 5.91 Å². The van der Waals surface area contributed by atoms with Crippen LogP contribution in [0.3, 0.4) is 0 Å². The molecule has 0 bridgehead atoms. The molecule has 0 spiro atoms. The summed E-state index contributed by atoms with van der Waals surface area (Å²) in [5, 5.41) is 4.24. The van der Waals surface area contributed by atoms with E-state index in [4.69, 9.17) is 14.2 Å². The van der Waals surface area contributed by atoms with E-state index < -0.39 is 24.0 Å². The van der Waals surface area contributed by atoms with Gasteiger partial charge in [0.05, 0.1) is 19.8 Å². The highest BCUT2D eigenvalue weighted by atomic mass is 16.5. The van der Waals surface area contributed by atoms with Gasteiger partial charge in [-0.3, -0.25) is 10.1 Å². The predicted octanol–water partition coefficient (Wildman–Crippen LogP) is 0.705. The smallest absolute Gasteiger partial charge is 0.339 e. The summed E-state index contributed by atoms with van der Waals surface area (Å²) < 4.78 is 15.1. The first-order valence-corrected chi connectivity index (χ1v) is 6.38. The second kappa shape index (κ2) is 7.87. The molecule has 0 aliphatic heterocycles. The minimum absolute atomic E-state index is 0.163. The summed E-state index contributed by atoms with van der Waals surface area (Å²) in [5.74, 6) is -0.651. The topological polar surface area (TPSA) is 103 Å². The maximum atomic E-state index is 12.0. The Hall–Kier alpha value is -2.77. The zero-order chi connectivity index (χ0) is 16.7. The number of benzene rings is 1. The minimum atomic E-state index is -1.14. The summed E-state index contributed by atoms with van der Waals surface area (Å²) >= 11 is 0. The molecule has 0 unspecified atom stereocenters. The van der Waals surface area contributed by atoms with Crippen molar-refractivity contribution in [2.75, 3.05) is 21.3 Å². The van der Waals surface area contributed by atoms with Crippen LogP contribution in [-0.2, 0) is 9.53 Å². The summed E-state index contributed by atoms with van der Waals surface area (Å²) in [7, 11) is 4.26. The fourth-order valence-corrected chi connectivity index (χ4v) is 1.48. The molecular formula is C14H18N2O6. The van der Waals surface area contributed by atoms with E-state index in [-0.39, 0.29) is 5.56 Å². The van der Waals surface area contributed by atoms with Gasteiger partial charge in [-0.2, -0.15) is 0 Å². The third-order valence-corrected chi connectivity index (χ3v) is 2.70. The van der Waals surface area contributed by atoms with Gasteiger partial charge in [0, 0.05) is 13.1 Å². The third kappa shape index (κ3) is 4.65. The lowest BCUT2D eigenvalue weighted by Gasteiger charge is -2.13. The van der Waals surface area contributed by atoms with Gasteiger partial charge in [0.1, 0.15) is 11.5 Å². The van der Waals surface area contributed by atoms with Crippen LogP contribution in [0.4, 0.5) is 4.79 Å². The number of esters is 1. The quantitative estimate of drug-likeness (QED) is 0.776. The van der Waals surface area contributed by atoms with Crippen molar-refractivity contribution in [1.82, 2.24) is 10.6 Å². The molecule has 0 fully saturated rings. The van der Waals surface area contributed by atoms with Gasteiger partial charge in [-0.1, -0.05) is 0 Å². The standard InChI is InChI=1S/C14H18N2O6/c1-8(12(17)16-14(19)15-2)22-13(18)9-5-10(20-3)7-11(6-9)21-4/h5-8H,1-4H3,(H2,15,16,17,19)/t8-/m0/s1. The molecular weight excluding hydrogens is 292 g/mol. The molecule has 120 valence electrons. The molecule has 0 aromatic heterocycles. The van der Waals surface area contributed by atoms with Crippen molar-refractivity contribution in [2.45, 2.75) is 13.0 Å². The van der Waals surface area contributed by atoms with E-state index in [1.165, 1.54) is 40.3 Å². The Morgan fingerprint density at radius 1 is 1.05 bits per heavy atom. The second-order valence-corrected chi connectivity index (χ2v) is 4.22. The lowest BCUT2D eigenvalue weighted by molar-refractivity contribution is -0.127. The number of ether oxygens (including phenoxy) is 3. The predicted molar refractivity (Wildman–Crippen MR) is 77.0 cm³/mol. The average molecular weight is 310 g/mol. The molecule has 0 radical (unpaired) electrons. The van der Waals surface area contributed by atoms with Crippen LogP contribution in [0, 0.1) is 0 Å². The highest BCUT2D eigenvalue weighted by molar-refractivity contribution is 5.98. The Morgan fingerprint density at radius 3 is 2.05 bits per heavy atom. The molecule has 0 heterocycles. The van der Waals surface area contributed by atoms with Crippen molar-refractivity contribution in [3.05, 3.63) is 23.8 Å². The van der Waals surface area contributed by atoms with Crippen molar-refractivity contribution in [3.8, 4) is 11.5 Å². The molecule has 2 N–H and O–H groups in total. The van der Waals surface area contributed by atoms with Crippen LogP contribution in [0.25, 0.3) is 0 Å². The van der Waals surface area contributed by atoms with Gasteiger partial charge in [0.15, 0.2) is 6.10 Å². The van der Waals surface area contributed by atoms with E-state index in [2.05, 4.69) is 5.32 Å². The molecule has 1 rings (SSSR count). The van der Waals surface area contributed by atoms with Crippen LogP contribution in [0.2, 0.25) is 0 Å². The number of hydrogen-bond acceptors (Lipinski definition) is 6. The number of imide groups is 1. The van der Waals surface area contributed by atoms with Gasteiger partial charge in [-0.15, -0.1) is 0 Å². The molecule has 3 amide bonds. The first-order valence-electron chi connectivity index (χ1n) is 6.38. The van der Waals surface area contributed by atoms with E-state index in [1.54, 1.807) is 6.07 Å². The molecule has 1 aromatic rings. The molecule has 1 aromatic carbocycles. The lowest BCUT2D eigenvalue weighted by Crippen LogP contribution is -2.43. The highest BCUT2D eigenvalue weighted by Gasteiger charge is 2.21. The zero-order valence-electron chi connectivity index (χ0n) is 12.8. The number of methoxy groups -OCH3 is 2. The van der Waals surface area contributed by atoms with Crippen LogP contribution < -0.4 is 20.1 Å². The number of carbonyl (C=O) groups excluding carboxylic acids is 3. The van der Waals surface area contributed by atoms with E-state index in [9.17, 15) is 14.4 Å². The molecule has 22 heavy (non-hydrogen) atoms. The number of amides is 3. The Bertz CT molecular complexity index is 550. The molecule has 0 saturated heterocycles. The number of rotatable bonds is 5. The van der Waals surface area contributed by atoms with Crippen molar-refractivity contribution in [2.24, 2.45) is 0 Å². The van der Waals surface area contributed by atoms with Crippen molar-refractivity contribution in [1.29, 1.82) is 0 Å². The second-order valence-electron chi connectivity index (χ2n) is 4.22. The molecule has 0 saturated carbocycles. The first kappa shape index (κ1) is 17.3. The Labute approximate surface area is 127 Å². The van der Waals surface area contributed by atoms with E-state index in [0.29, 0.717) is 11.5 Å². The van der Waals surface area contributed by atoms with Crippen molar-refractivity contribution in [3.63, 3.8) is 0 Å². The first-order chi connectivity index (χ1) is 10.4. The van der Waals surface area contributed by atoms with E-state index >= 15 is 0 Å². The Kier molecular flexibility index (Phi) is 6.18. The minimum Gasteiger partial charge on any atom is -0.497 e. The van der Waals surface area contributed by atoms with Gasteiger partial charge < -0.3 is 19.5 Å². The summed E-state index contributed by atoms with van der Waals surface area (Å²) in [6.45, 7) is 1.35. The van der Waals surface area contributed by atoms with Crippen molar-refractivity contribution < 1.29 is 28.6 Å². The molecule has 8 heteroatoms. The summed E-state index contributed by atoms with van der Waals surface area (Å²) in [6, 6.07) is 3.82. The zero-order valence-corrected chi connectivity index (χ0v) is 12.8. The SMILES string of the molecule is CNC(=O)NC(=O)[C@H](C)OC(=O)c1cc(OC)cc(OC)c1. The summed E-state index contributed by atoms with van der Waals surface area (Å²) in [5.41, 5.74) is 0.163. The maximum Gasteiger partial charge on any atom is 0.339 e. The molecule has 0 aliphatic carbocycles. The third-order valence-electron chi connectivity index (χ3n) is 2.70. The van der Waals surface area contributed by atoms with Gasteiger partial charge >= 0.3 is 12.0 Å². The van der Waals surface area contributed by atoms with E-state index in [1.807, 2.05) is 5.32 Å². The number of hydrogen-bond donors (Lipinski definition) is 2. The van der Waals surface area contributed by atoms with Gasteiger partial charge in [-0.05, 0) is 19.1 Å². The maximum absolute atomic E-state index is 12.0. The summed E-state index contributed by atoms with van der Waals surface area (Å²) in [4.78, 5) is 34.7. The van der Waals surface area contributed by atoms with Crippen LogP contribution in [0.15, 0.2) is 18.2 Å². The molecule has 0 aliphatic rings. The van der Waals surface area contributed by atoms with Crippen molar-refractivity contribution >= 4 is 17.9 Å². The largest absolute Gasteiger partial charge is 0.497 e. The van der Waals surface area contributed by atoms with Crippen LogP contribution >= 0.6 is 0 Å². The van der Waals surface area contributed by atoms with Crippen LogP contribution in [0.5, 0.6) is 11.5 Å². The average Bonchev–Trinajstić information content (AvgIpc) is 2.53. The lowest BCUT2D eigenvalue weighted by atomic mass is 10.2. The highest BCUT2D eigenvalue weighted by Crippen LogP contribution is 2.23. The normalized spacial score (nSPS) is 11.1. The van der Waals surface area contributed by atoms with Crippen LogP contribution in [-0.4, -0.2) is 45.3 Å². The molecule has 1 atom stereocenters. The fraction of sp³-hybridized carbons (Fsp3) is 0.357. The summed E-state index contributed by atoms with van der Waals surface area (Å²) in [6.07, 6.45) is -1.14. The Balaban J connectivity index is 2.80. The fourth-order valence-electron chi connectivity index (χ4n) is 1.48. The van der Waals surface area contributed by atoms with Gasteiger partial charge in [-0.25, -0.2) is 9.59 Å². The molecule has 8 nitrogen and oxygen atoms in total. The van der Waals surface area contributed by atoms with Crippen LogP contribution in [0.1, 0.15) is 17.3 Å². The Morgan fingerprint density at radius 2 is 1.59 bits per heavy atom. The number of nitrogens with one attached hydrogen (secondary N) is 2. The number of carbonyl (C=O) groups is 3. The van der Waals surface area contributed by atoms with Gasteiger partial charge in [0.2, 0.25) is 0 Å². The van der Waals surface area contributed by atoms with E-state index in [0.717, 1.165) is 0 Å². The monoisotopic (exact) mass is 310 g/mol.